The molecule has 2 rings (SSSR count). The quantitative estimate of drug-likeness (QED) is 0.0386. The summed E-state index contributed by atoms with van der Waals surface area (Å²) in [5.74, 6) is 0. The molecule has 0 bridgehead atoms. The molecule has 2 heterocycles. The van der Waals surface area contributed by atoms with Gasteiger partial charge in [-0.2, -0.15) is 0 Å². The number of likely N-dealkylation sites (N-methyl/N-ethyl adjacent to an activating group) is 1. The molecule has 0 aromatic carbocycles. The summed E-state index contributed by atoms with van der Waals surface area (Å²) in [7, 11) is 4.18. The summed E-state index contributed by atoms with van der Waals surface area (Å²) in [5, 5.41) is 74.0. The Morgan fingerprint density at radius 2 is 0.907 bits per heavy atom. The molecule has 54 heavy (non-hydrogen) atoms. The molecule has 11 atom stereocenters. The van der Waals surface area contributed by atoms with Crippen molar-refractivity contribution >= 4 is 0 Å². The lowest BCUT2D eigenvalue weighted by Crippen LogP contribution is -2.61. The summed E-state index contributed by atoms with van der Waals surface area (Å²) in [6, 6.07) is 0. The number of aliphatic hydroxyl groups is 7. The largest absolute Gasteiger partial charge is 0.387 e. The maximum Gasteiger partial charge on any atom is 0.186 e. The van der Waals surface area contributed by atoms with Gasteiger partial charge in [0.1, 0.15) is 61.5 Å². The van der Waals surface area contributed by atoms with Crippen molar-refractivity contribution in [3.63, 3.8) is 0 Å². The van der Waals surface area contributed by atoms with Crippen molar-refractivity contribution in [2.75, 3.05) is 53.6 Å². The third-order valence-electron chi connectivity index (χ3n) is 11.0. The standard InChI is InChI=1S/C41H82NO12/c1-5-7-9-11-13-15-17-19-21-23-25-42(3,4)27-31(43)28-50-29-32-34(44)36(46)39(49)41(53-32)52-30-33-35(45)37(47)38(48)40(54-33)51-26-24-22-20-18-16-14-12-10-8-6-2/h31-41,43-49H,5-30H2,1-4H3/q+1/t31?,32-,33-,34-,35-,36+,37+,38-,39-,40-,41+/m1/s1. The zero-order valence-electron chi connectivity index (χ0n) is 34.4. The number of unbranched alkanes of at least 4 members (excludes halogenated alkanes) is 18. The first-order valence-corrected chi connectivity index (χ1v) is 21.6. The van der Waals surface area contributed by atoms with E-state index in [0.717, 1.165) is 32.2 Å². The molecule has 0 aromatic heterocycles. The summed E-state index contributed by atoms with van der Waals surface area (Å²) in [6.07, 6.45) is 9.58. The van der Waals surface area contributed by atoms with Gasteiger partial charge in [0.05, 0.1) is 40.5 Å². The van der Waals surface area contributed by atoms with Gasteiger partial charge in [0.25, 0.3) is 0 Å². The lowest BCUT2D eigenvalue weighted by Gasteiger charge is -2.43. The molecule has 13 nitrogen and oxygen atoms in total. The highest BCUT2D eigenvalue weighted by Crippen LogP contribution is 2.27. The lowest BCUT2D eigenvalue weighted by atomic mass is 9.98. The number of quaternary nitrogens is 1. The predicted molar refractivity (Wildman–Crippen MR) is 208 cm³/mol. The van der Waals surface area contributed by atoms with Crippen molar-refractivity contribution in [3.8, 4) is 0 Å². The molecule has 2 fully saturated rings. The SMILES string of the molecule is CCCCCCCCCCCCO[C@@H]1O[C@H](CO[C@H]2O[C@H](COCC(O)C[N+](C)(C)CCCCCCCCCCCC)[C@@H](O)[C@H](O)[C@H]2O)[C@@H](O)[C@H](O)[C@H]1O. The van der Waals surface area contributed by atoms with Gasteiger partial charge in [-0.3, -0.25) is 0 Å². The molecule has 0 spiro atoms. The van der Waals surface area contributed by atoms with Gasteiger partial charge < -0.3 is 63.9 Å². The highest BCUT2D eigenvalue weighted by atomic mass is 16.7. The average Bonchev–Trinajstić information content (AvgIpc) is 3.14. The zero-order valence-corrected chi connectivity index (χ0v) is 34.4. The minimum absolute atomic E-state index is 0.000696. The molecule has 13 heteroatoms. The fourth-order valence-electron chi connectivity index (χ4n) is 7.42. The minimum Gasteiger partial charge on any atom is -0.387 e. The van der Waals surface area contributed by atoms with Crippen LogP contribution in [0.2, 0.25) is 0 Å². The van der Waals surface area contributed by atoms with Crippen LogP contribution in [0.25, 0.3) is 0 Å². The van der Waals surface area contributed by atoms with Crippen LogP contribution in [0.4, 0.5) is 0 Å². The summed E-state index contributed by atoms with van der Waals surface area (Å²) < 4.78 is 29.3. The first-order valence-electron chi connectivity index (χ1n) is 21.6. The molecular weight excluding hydrogens is 698 g/mol. The molecule has 2 aliphatic rings. The number of rotatable bonds is 32. The third kappa shape index (κ3) is 19.8. The molecule has 1 unspecified atom stereocenters. The Labute approximate surface area is 326 Å². The van der Waals surface area contributed by atoms with Crippen molar-refractivity contribution in [2.24, 2.45) is 0 Å². The van der Waals surface area contributed by atoms with Crippen LogP contribution in [-0.4, -0.2) is 161 Å². The van der Waals surface area contributed by atoms with Gasteiger partial charge in [0, 0.05) is 6.61 Å². The molecule has 0 aromatic rings. The van der Waals surface area contributed by atoms with Gasteiger partial charge in [-0.25, -0.2) is 0 Å². The van der Waals surface area contributed by atoms with E-state index in [4.69, 9.17) is 23.7 Å². The van der Waals surface area contributed by atoms with Crippen molar-refractivity contribution < 1.29 is 63.9 Å². The van der Waals surface area contributed by atoms with Crippen LogP contribution in [0, 0.1) is 0 Å². The highest BCUT2D eigenvalue weighted by Gasteiger charge is 2.47. The van der Waals surface area contributed by atoms with Crippen LogP contribution >= 0.6 is 0 Å². The number of nitrogens with zero attached hydrogens (tertiary/aromatic N) is 1. The fourth-order valence-corrected chi connectivity index (χ4v) is 7.42. The highest BCUT2D eigenvalue weighted by molar-refractivity contribution is 4.92. The van der Waals surface area contributed by atoms with Crippen LogP contribution in [-0.2, 0) is 23.7 Å². The minimum atomic E-state index is -1.62. The first-order chi connectivity index (χ1) is 25.9. The number of ether oxygens (including phenoxy) is 5. The van der Waals surface area contributed by atoms with E-state index in [1.165, 1.54) is 103 Å². The normalized spacial score (nSPS) is 29.8. The van der Waals surface area contributed by atoms with E-state index in [1.54, 1.807) is 0 Å². The van der Waals surface area contributed by atoms with E-state index >= 15 is 0 Å². The first kappa shape index (κ1) is 49.6. The topological polar surface area (TPSA) is 188 Å². The van der Waals surface area contributed by atoms with E-state index in [2.05, 4.69) is 27.9 Å². The average molecular weight is 781 g/mol. The second-order valence-corrected chi connectivity index (χ2v) is 16.6. The maximum atomic E-state index is 10.7. The second-order valence-electron chi connectivity index (χ2n) is 16.6. The monoisotopic (exact) mass is 781 g/mol. The van der Waals surface area contributed by atoms with E-state index in [0.29, 0.717) is 17.6 Å². The number of aliphatic hydroxyl groups excluding tert-OH is 7. The molecule has 0 amide bonds. The Morgan fingerprint density at radius 3 is 1.39 bits per heavy atom. The molecule has 2 saturated heterocycles. The van der Waals surface area contributed by atoms with Crippen LogP contribution in [0.3, 0.4) is 0 Å². The van der Waals surface area contributed by atoms with Crippen LogP contribution < -0.4 is 0 Å². The van der Waals surface area contributed by atoms with Crippen molar-refractivity contribution in [1.29, 1.82) is 0 Å². The third-order valence-corrected chi connectivity index (χ3v) is 11.0. The van der Waals surface area contributed by atoms with Gasteiger partial charge in [-0.05, 0) is 19.3 Å². The molecule has 0 aliphatic carbocycles. The van der Waals surface area contributed by atoms with Gasteiger partial charge in [-0.15, -0.1) is 0 Å². The van der Waals surface area contributed by atoms with Gasteiger partial charge in [0.2, 0.25) is 0 Å². The van der Waals surface area contributed by atoms with E-state index < -0.39 is 67.5 Å². The molecule has 0 saturated carbocycles. The Morgan fingerprint density at radius 1 is 0.500 bits per heavy atom. The Kier molecular flexibility index (Phi) is 26.5. The van der Waals surface area contributed by atoms with Crippen LogP contribution in [0.1, 0.15) is 142 Å². The predicted octanol–water partition coefficient (Wildman–Crippen LogP) is 3.93. The van der Waals surface area contributed by atoms with Crippen molar-refractivity contribution in [2.45, 2.75) is 210 Å². The molecular formula is C41H82NO12+. The smallest absolute Gasteiger partial charge is 0.186 e. The van der Waals surface area contributed by atoms with Gasteiger partial charge in [0.15, 0.2) is 12.6 Å². The van der Waals surface area contributed by atoms with Crippen LogP contribution in [0.5, 0.6) is 0 Å². The van der Waals surface area contributed by atoms with Gasteiger partial charge in [-0.1, -0.05) is 123 Å². The molecule has 322 valence electrons. The molecule has 2 aliphatic heterocycles. The maximum absolute atomic E-state index is 10.7. The Hall–Kier alpha value is -0.520. The number of hydrogen-bond donors (Lipinski definition) is 7. The van der Waals surface area contributed by atoms with Crippen molar-refractivity contribution in [3.05, 3.63) is 0 Å². The zero-order chi connectivity index (χ0) is 39.8. The van der Waals surface area contributed by atoms with Gasteiger partial charge >= 0.3 is 0 Å². The van der Waals surface area contributed by atoms with E-state index in [-0.39, 0.29) is 19.8 Å². The lowest BCUT2D eigenvalue weighted by molar-refractivity contribution is -0.893. The second kappa shape index (κ2) is 28.8. The fraction of sp³-hybridized carbons (Fsp3) is 1.00. The summed E-state index contributed by atoms with van der Waals surface area (Å²) in [5.41, 5.74) is 0. The van der Waals surface area contributed by atoms with Crippen molar-refractivity contribution in [1.82, 2.24) is 0 Å². The number of hydrogen-bond acceptors (Lipinski definition) is 12. The summed E-state index contributed by atoms with van der Waals surface area (Å²) >= 11 is 0. The summed E-state index contributed by atoms with van der Waals surface area (Å²) in [4.78, 5) is 0. The van der Waals surface area contributed by atoms with E-state index in [1.807, 2.05) is 0 Å². The Balaban J connectivity index is 1.70. The molecule has 0 radical (unpaired) electrons. The molecule has 7 N–H and O–H groups in total. The summed E-state index contributed by atoms with van der Waals surface area (Å²) in [6.45, 7) is 5.67. The Bertz CT molecular complexity index is 902. The van der Waals surface area contributed by atoms with E-state index in [9.17, 15) is 35.7 Å². The van der Waals surface area contributed by atoms with Crippen LogP contribution in [0.15, 0.2) is 0 Å².